The molecule has 2 aromatic carbocycles. The Hall–Kier alpha value is -2.55. The average molecular weight is 791 g/mol. The first-order valence-corrected chi connectivity index (χ1v) is 18.6. The van der Waals surface area contributed by atoms with E-state index in [2.05, 4.69) is 58.9 Å². The number of fused-ring (bicyclic) bond motifs is 1. The van der Waals surface area contributed by atoms with Gasteiger partial charge in [-0.2, -0.15) is 0 Å². The van der Waals surface area contributed by atoms with Crippen molar-refractivity contribution in [2.24, 2.45) is 0 Å². The highest BCUT2D eigenvalue weighted by molar-refractivity contribution is 9.13. The highest BCUT2D eigenvalue weighted by Gasteiger charge is 2.61. The first kappa shape index (κ1) is 35.3. The molecule has 13 heteroatoms. The Morgan fingerprint density at radius 1 is 1.02 bits per heavy atom. The molecule has 0 saturated carbocycles. The van der Waals surface area contributed by atoms with Gasteiger partial charge in [-0.3, -0.25) is 14.3 Å². The number of likely N-dealkylation sites (tertiary alicyclic amines) is 2. The number of anilines is 1. The Morgan fingerprint density at radius 3 is 2.44 bits per heavy atom. The van der Waals surface area contributed by atoms with E-state index in [0.717, 1.165) is 76.8 Å². The molecule has 3 fully saturated rings. The molecule has 4 heterocycles. The van der Waals surface area contributed by atoms with Crippen molar-refractivity contribution in [3.05, 3.63) is 56.5 Å². The minimum Gasteiger partial charge on any atom is -0.498 e. The zero-order chi connectivity index (χ0) is 34.1. The van der Waals surface area contributed by atoms with Crippen LogP contribution in [0.4, 0.5) is 15.3 Å². The number of halogens is 2. The summed E-state index contributed by atoms with van der Waals surface area (Å²) in [6, 6.07) is 11.4. The van der Waals surface area contributed by atoms with Gasteiger partial charge in [0.25, 0.3) is 6.09 Å². The SMILES string of the molecule is COc1ccc2c(c1)CCN(C1CC[N@+](Cc3ccc(Br)c(Br)c3)(C(=O)[O-])C(CC=O)(N3CCC(N4CCN(C)CC4)CC3)C1)C(=O)N2. The standard InChI is InChI=1S/C35H46Br2N6O5/c1-39-15-17-40(18-16-39)27-8-12-41(13-9-27)35(11-20-44)23-28(42-14-7-26-22-29(48-2)4-6-32(26)38-33(42)45)10-19-43(35,34(46)47)24-25-3-5-30(36)31(37)21-25/h3-6,20-22,27-28H,7-19,23-24H2,1-2H3,(H-,38,45,46,47)/t28?,35?,43-/m0/s1. The van der Waals surface area contributed by atoms with Crippen LogP contribution in [0.2, 0.25) is 0 Å². The maximum absolute atomic E-state index is 13.8. The minimum absolute atomic E-state index is 0.0290. The summed E-state index contributed by atoms with van der Waals surface area (Å²) in [5.74, 6) is 0.731. The third-order valence-electron chi connectivity index (χ3n) is 11.4. The summed E-state index contributed by atoms with van der Waals surface area (Å²) < 4.78 is 6.75. The number of urea groups is 1. The van der Waals surface area contributed by atoms with E-state index in [4.69, 9.17) is 4.74 Å². The predicted octanol–water partition coefficient (Wildman–Crippen LogP) is 4.13. The molecule has 3 amide bonds. The molecule has 0 spiro atoms. The second kappa shape index (κ2) is 14.7. The van der Waals surface area contributed by atoms with Crippen molar-refractivity contribution >= 4 is 56.0 Å². The predicted molar refractivity (Wildman–Crippen MR) is 189 cm³/mol. The second-order valence-electron chi connectivity index (χ2n) is 13.8. The van der Waals surface area contributed by atoms with Gasteiger partial charge in [0.05, 0.1) is 20.1 Å². The van der Waals surface area contributed by atoms with Gasteiger partial charge in [-0.1, -0.05) is 6.07 Å². The van der Waals surface area contributed by atoms with E-state index in [9.17, 15) is 19.5 Å². The third kappa shape index (κ3) is 6.78. The molecule has 4 aliphatic rings. The minimum atomic E-state index is -1.18. The normalized spacial score (nSPS) is 28.0. The van der Waals surface area contributed by atoms with Crippen LogP contribution in [-0.4, -0.2) is 127 Å². The lowest BCUT2D eigenvalue weighted by Crippen LogP contribution is -2.80. The molecule has 1 N–H and O–H groups in total. The molecular weight excluding hydrogens is 744 g/mol. The topological polar surface area (TPSA) is 108 Å². The summed E-state index contributed by atoms with van der Waals surface area (Å²) in [5, 5.41) is 16.8. The van der Waals surface area contributed by atoms with E-state index < -0.39 is 11.8 Å². The smallest absolute Gasteiger partial charge is 0.322 e. The number of nitrogens with one attached hydrogen (secondary N) is 1. The van der Waals surface area contributed by atoms with Gasteiger partial charge >= 0.3 is 6.03 Å². The Balaban J connectivity index is 1.34. The number of hydrogen-bond donors (Lipinski definition) is 1. The number of nitrogens with zero attached hydrogens (tertiary/aromatic N) is 5. The van der Waals surface area contributed by atoms with Crippen LogP contribution in [0.25, 0.3) is 0 Å². The summed E-state index contributed by atoms with van der Waals surface area (Å²) in [5.41, 5.74) is 1.49. The first-order valence-electron chi connectivity index (χ1n) is 17.0. The number of likely N-dealkylation sites (N-methyl/N-ethyl adjacent to an activating group) is 1. The monoisotopic (exact) mass is 788 g/mol. The van der Waals surface area contributed by atoms with Crippen LogP contribution in [0.3, 0.4) is 0 Å². The number of hydrogen-bond acceptors (Lipinski definition) is 8. The van der Waals surface area contributed by atoms with Crippen LogP contribution in [0.5, 0.6) is 5.75 Å². The van der Waals surface area contributed by atoms with Crippen LogP contribution >= 0.6 is 31.9 Å². The van der Waals surface area contributed by atoms with Gasteiger partial charge in [0.1, 0.15) is 18.6 Å². The van der Waals surface area contributed by atoms with Gasteiger partial charge in [-0.15, -0.1) is 0 Å². The number of amides is 3. The lowest BCUT2D eigenvalue weighted by atomic mass is 9.81. The van der Waals surface area contributed by atoms with Crippen molar-refractivity contribution in [1.82, 2.24) is 19.6 Å². The molecule has 3 atom stereocenters. The molecule has 0 aromatic heterocycles. The van der Waals surface area contributed by atoms with Crippen LogP contribution in [0.1, 0.15) is 43.2 Å². The van der Waals surface area contributed by atoms with E-state index in [1.165, 1.54) is 0 Å². The fourth-order valence-electron chi connectivity index (χ4n) is 8.66. The average Bonchev–Trinajstić information content (AvgIpc) is 3.25. The number of quaternary nitrogens is 1. The van der Waals surface area contributed by atoms with Crippen molar-refractivity contribution in [1.29, 1.82) is 0 Å². The number of aldehydes is 1. The molecule has 0 radical (unpaired) electrons. The number of carbonyl (C=O) groups excluding carboxylic acids is 3. The summed E-state index contributed by atoms with van der Waals surface area (Å²) in [6.07, 6.45) is 2.97. The van der Waals surface area contributed by atoms with Gasteiger partial charge in [0, 0.05) is 90.9 Å². The van der Waals surface area contributed by atoms with Crippen molar-refractivity contribution < 1.29 is 28.7 Å². The fraction of sp³-hybridized carbons (Fsp3) is 0.571. The van der Waals surface area contributed by atoms with Crippen LogP contribution in [0, 0.1) is 0 Å². The largest absolute Gasteiger partial charge is 0.498 e. The lowest BCUT2D eigenvalue weighted by molar-refractivity contribution is -0.956. The van der Waals surface area contributed by atoms with Gasteiger partial charge < -0.3 is 34.5 Å². The molecule has 0 bridgehead atoms. The summed E-state index contributed by atoms with van der Waals surface area (Å²) in [7, 11) is 3.78. The molecule has 4 aliphatic heterocycles. The van der Waals surface area contributed by atoms with E-state index in [1.54, 1.807) is 7.11 Å². The first-order chi connectivity index (χ1) is 23.1. The number of ether oxygens (including phenoxy) is 1. The van der Waals surface area contributed by atoms with Gasteiger partial charge in [0.15, 0.2) is 5.66 Å². The van der Waals surface area contributed by atoms with Crippen molar-refractivity contribution in [3.8, 4) is 5.75 Å². The highest BCUT2D eigenvalue weighted by Crippen LogP contribution is 2.46. The van der Waals surface area contributed by atoms with Crippen LogP contribution in [-0.2, 0) is 17.8 Å². The summed E-state index contributed by atoms with van der Waals surface area (Å²) in [4.78, 5) is 49.3. The molecule has 2 unspecified atom stereocenters. The quantitative estimate of drug-likeness (QED) is 0.315. The van der Waals surface area contributed by atoms with E-state index in [0.29, 0.717) is 44.9 Å². The summed E-state index contributed by atoms with van der Waals surface area (Å²) >= 11 is 7.14. The van der Waals surface area contributed by atoms with Crippen LogP contribution < -0.4 is 15.2 Å². The molecule has 48 heavy (non-hydrogen) atoms. The number of piperidine rings is 2. The van der Waals surface area contributed by atoms with Gasteiger partial charge in [0.2, 0.25) is 0 Å². The number of methoxy groups -OCH3 is 1. The summed E-state index contributed by atoms with van der Waals surface area (Å²) in [6.45, 7) is 6.36. The maximum Gasteiger partial charge on any atom is 0.322 e. The third-order valence-corrected chi connectivity index (χ3v) is 13.3. The zero-order valence-electron chi connectivity index (χ0n) is 27.8. The number of benzene rings is 2. The Morgan fingerprint density at radius 2 is 1.77 bits per heavy atom. The highest BCUT2D eigenvalue weighted by atomic mass is 79.9. The molecule has 260 valence electrons. The van der Waals surface area contributed by atoms with E-state index in [1.807, 2.05) is 41.3 Å². The van der Waals surface area contributed by atoms with Gasteiger partial charge in [-0.25, -0.2) is 4.79 Å². The van der Waals surface area contributed by atoms with E-state index in [-0.39, 0.29) is 36.1 Å². The molecule has 2 aromatic rings. The zero-order valence-corrected chi connectivity index (χ0v) is 31.0. The second-order valence-corrected chi connectivity index (χ2v) is 15.5. The molecule has 3 saturated heterocycles. The molecule has 6 rings (SSSR count). The Kier molecular flexibility index (Phi) is 10.8. The Bertz CT molecular complexity index is 1510. The Labute approximate surface area is 300 Å². The van der Waals surface area contributed by atoms with Gasteiger partial charge in [-0.05, 0) is 94.1 Å². The maximum atomic E-state index is 13.8. The van der Waals surface area contributed by atoms with E-state index >= 15 is 0 Å². The molecular formula is C35H46Br2N6O5. The number of piperazine rings is 1. The number of rotatable bonds is 8. The number of carbonyl (C=O) groups is 3. The van der Waals surface area contributed by atoms with Crippen molar-refractivity contribution in [2.75, 3.05) is 71.8 Å². The number of carboxylic acid groups (broad SMARTS) is 1. The molecule has 0 aliphatic carbocycles. The van der Waals surface area contributed by atoms with Crippen molar-refractivity contribution in [3.63, 3.8) is 0 Å². The fourth-order valence-corrected chi connectivity index (χ4v) is 9.33. The molecule has 11 nitrogen and oxygen atoms in total. The lowest BCUT2D eigenvalue weighted by Gasteiger charge is -2.62. The van der Waals surface area contributed by atoms with Crippen molar-refractivity contribution in [2.45, 2.75) is 62.8 Å². The van der Waals surface area contributed by atoms with Crippen LogP contribution in [0.15, 0.2) is 45.3 Å².